The molecule has 0 bridgehead atoms. The molecule has 1 aromatic carbocycles. The monoisotopic (exact) mass is 316 g/mol. The molecule has 6 heteroatoms. The number of hydrogen-bond donors (Lipinski definition) is 1. The van der Waals surface area contributed by atoms with Crippen LogP contribution in [0.2, 0.25) is 0 Å². The number of aromatic nitrogens is 1. The Balaban J connectivity index is 2.15. The maximum atomic E-state index is 13.3. The second kappa shape index (κ2) is 5.39. The van der Waals surface area contributed by atoms with E-state index < -0.39 is 17.5 Å². The van der Waals surface area contributed by atoms with Gasteiger partial charge in [-0.05, 0) is 27.6 Å². The summed E-state index contributed by atoms with van der Waals surface area (Å²) in [4.78, 5) is 3.93. The highest BCUT2D eigenvalue weighted by molar-refractivity contribution is 9.10. The smallest absolute Gasteiger partial charge is 0.182 e. The van der Waals surface area contributed by atoms with Gasteiger partial charge in [0.25, 0.3) is 0 Å². The van der Waals surface area contributed by atoms with Crippen LogP contribution in [0.3, 0.4) is 0 Å². The molecular weight excluding hydrogens is 309 g/mol. The Hall–Kier alpha value is -1.56. The SMILES string of the molecule is Fc1cc(F)c(F)c(NCc2cncc(Br)c2)c1. The molecule has 1 aromatic heterocycles. The Labute approximate surface area is 110 Å². The molecule has 0 spiro atoms. The first-order chi connectivity index (χ1) is 8.56. The van der Waals surface area contributed by atoms with E-state index in [1.807, 2.05) is 0 Å². The number of halogens is 4. The minimum absolute atomic E-state index is 0.215. The van der Waals surface area contributed by atoms with Gasteiger partial charge in [-0.2, -0.15) is 0 Å². The summed E-state index contributed by atoms with van der Waals surface area (Å²) >= 11 is 3.24. The van der Waals surface area contributed by atoms with Crippen LogP contribution >= 0.6 is 15.9 Å². The van der Waals surface area contributed by atoms with Gasteiger partial charge in [-0.15, -0.1) is 0 Å². The molecule has 0 radical (unpaired) electrons. The van der Waals surface area contributed by atoms with Crippen LogP contribution in [0.4, 0.5) is 18.9 Å². The first kappa shape index (κ1) is 12.9. The van der Waals surface area contributed by atoms with Crippen LogP contribution in [0, 0.1) is 17.5 Å². The Morgan fingerprint density at radius 2 is 1.89 bits per heavy atom. The Kier molecular flexibility index (Phi) is 3.86. The van der Waals surface area contributed by atoms with Crippen molar-refractivity contribution in [3.8, 4) is 0 Å². The maximum Gasteiger partial charge on any atom is 0.182 e. The van der Waals surface area contributed by atoms with E-state index in [0.29, 0.717) is 6.07 Å². The first-order valence-electron chi connectivity index (χ1n) is 5.04. The van der Waals surface area contributed by atoms with Crippen molar-refractivity contribution >= 4 is 21.6 Å². The van der Waals surface area contributed by atoms with E-state index in [2.05, 4.69) is 26.2 Å². The lowest BCUT2D eigenvalue weighted by atomic mass is 10.2. The number of anilines is 1. The highest BCUT2D eigenvalue weighted by Crippen LogP contribution is 2.20. The van der Waals surface area contributed by atoms with E-state index in [4.69, 9.17) is 0 Å². The van der Waals surface area contributed by atoms with E-state index >= 15 is 0 Å². The highest BCUT2D eigenvalue weighted by Gasteiger charge is 2.10. The second-order valence-corrected chi connectivity index (χ2v) is 4.53. The summed E-state index contributed by atoms with van der Waals surface area (Å²) < 4.78 is 40.0. The Morgan fingerprint density at radius 3 is 2.61 bits per heavy atom. The van der Waals surface area contributed by atoms with Crippen LogP contribution in [0.5, 0.6) is 0 Å². The normalized spacial score (nSPS) is 10.4. The molecule has 0 saturated carbocycles. The van der Waals surface area contributed by atoms with Gasteiger partial charge in [0.2, 0.25) is 0 Å². The summed E-state index contributed by atoms with van der Waals surface area (Å²) in [7, 11) is 0. The summed E-state index contributed by atoms with van der Waals surface area (Å²) in [5.41, 5.74) is 0.543. The lowest BCUT2D eigenvalue weighted by molar-refractivity contribution is 0.497. The van der Waals surface area contributed by atoms with E-state index in [1.165, 1.54) is 0 Å². The minimum atomic E-state index is -1.22. The van der Waals surface area contributed by atoms with Gasteiger partial charge in [-0.1, -0.05) is 0 Å². The molecule has 0 unspecified atom stereocenters. The van der Waals surface area contributed by atoms with Crippen molar-refractivity contribution < 1.29 is 13.2 Å². The average molecular weight is 317 g/mol. The third-order valence-electron chi connectivity index (χ3n) is 2.24. The summed E-state index contributed by atoms with van der Waals surface area (Å²) in [6.45, 7) is 0.215. The molecule has 0 atom stereocenters. The van der Waals surface area contributed by atoms with Gasteiger partial charge in [0.05, 0.1) is 5.69 Å². The van der Waals surface area contributed by atoms with Crippen molar-refractivity contribution in [1.29, 1.82) is 0 Å². The molecule has 94 valence electrons. The molecule has 0 aliphatic rings. The molecule has 1 heterocycles. The topological polar surface area (TPSA) is 24.9 Å². The number of nitrogens with zero attached hydrogens (tertiary/aromatic N) is 1. The number of hydrogen-bond acceptors (Lipinski definition) is 2. The molecule has 0 aliphatic carbocycles. The zero-order chi connectivity index (χ0) is 13.1. The fraction of sp³-hybridized carbons (Fsp3) is 0.0833. The van der Waals surface area contributed by atoms with Gasteiger partial charge < -0.3 is 5.32 Å². The van der Waals surface area contributed by atoms with Crippen LogP contribution in [-0.4, -0.2) is 4.98 Å². The predicted octanol–water partition coefficient (Wildman–Crippen LogP) is 3.87. The zero-order valence-electron chi connectivity index (χ0n) is 9.05. The maximum absolute atomic E-state index is 13.3. The molecule has 0 aliphatic heterocycles. The lowest BCUT2D eigenvalue weighted by Gasteiger charge is -2.08. The number of benzene rings is 1. The Morgan fingerprint density at radius 1 is 1.11 bits per heavy atom. The predicted molar refractivity (Wildman–Crippen MR) is 65.6 cm³/mol. The highest BCUT2D eigenvalue weighted by atomic mass is 79.9. The van der Waals surface area contributed by atoms with Gasteiger partial charge in [0.1, 0.15) is 5.82 Å². The number of nitrogens with one attached hydrogen (secondary N) is 1. The largest absolute Gasteiger partial charge is 0.378 e. The van der Waals surface area contributed by atoms with E-state index in [9.17, 15) is 13.2 Å². The quantitative estimate of drug-likeness (QED) is 0.869. The molecule has 2 aromatic rings. The van der Waals surface area contributed by atoms with Crippen molar-refractivity contribution in [2.45, 2.75) is 6.54 Å². The Bertz CT molecular complexity index is 575. The summed E-state index contributed by atoms with van der Waals surface area (Å²) in [5, 5.41) is 2.62. The molecule has 1 N–H and O–H groups in total. The first-order valence-corrected chi connectivity index (χ1v) is 5.83. The van der Waals surface area contributed by atoms with E-state index in [-0.39, 0.29) is 12.2 Å². The summed E-state index contributed by atoms with van der Waals surface area (Å²) in [5.74, 6) is -3.15. The molecule has 0 amide bonds. The molecule has 0 fully saturated rings. The van der Waals surface area contributed by atoms with Crippen molar-refractivity contribution in [3.63, 3.8) is 0 Å². The third-order valence-corrected chi connectivity index (χ3v) is 2.67. The standard InChI is InChI=1S/C12H8BrF3N2/c13-8-1-7(4-17-6-8)5-18-11-3-9(14)2-10(15)12(11)16/h1-4,6,18H,5H2. The van der Waals surface area contributed by atoms with E-state index in [0.717, 1.165) is 16.1 Å². The van der Waals surface area contributed by atoms with Crippen LogP contribution in [0.15, 0.2) is 35.1 Å². The van der Waals surface area contributed by atoms with Crippen molar-refractivity contribution in [2.75, 3.05) is 5.32 Å². The van der Waals surface area contributed by atoms with Gasteiger partial charge >= 0.3 is 0 Å². The molecule has 0 saturated heterocycles. The van der Waals surface area contributed by atoms with Crippen molar-refractivity contribution in [1.82, 2.24) is 4.98 Å². The molecule has 2 rings (SSSR count). The average Bonchev–Trinajstić information content (AvgIpc) is 2.32. The fourth-order valence-electron chi connectivity index (χ4n) is 1.43. The van der Waals surface area contributed by atoms with Crippen LogP contribution in [0.1, 0.15) is 5.56 Å². The number of pyridine rings is 1. The second-order valence-electron chi connectivity index (χ2n) is 3.61. The summed E-state index contributed by atoms with van der Waals surface area (Å²) in [6, 6.07) is 3.18. The van der Waals surface area contributed by atoms with E-state index in [1.54, 1.807) is 18.5 Å². The van der Waals surface area contributed by atoms with Crippen molar-refractivity contribution in [3.05, 3.63) is 58.1 Å². The van der Waals surface area contributed by atoms with Gasteiger partial charge in [-0.3, -0.25) is 4.98 Å². The van der Waals surface area contributed by atoms with Crippen molar-refractivity contribution in [2.24, 2.45) is 0 Å². The van der Waals surface area contributed by atoms with Gasteiger partial charge in [-0.25, -0.2) is 13.2 Å². The third kappa shape index (κ3) is 3.01. The van der Waals surface area contributed by atoms with Crippen LogP contribution < -0.4 is 5.32 Å². The molecule has 2 nitrogen and oxygen atoms in total. The number of rotatable bonds is 3. The van der Waals surface area contributed by atoms with Gasteiger partial charge in [0.15, 0.2) is 11.6 Å². The summed E-state index contributed by atoms with van der Waals surface area (Å²) in [6.07, 6.45) is 3.18. The molecule has 18 heavy (non-hydrogen) atoms. The lowest BCUT2D eigenvalue weighted by Crippen LogP contribution is -2.04. The van der Waals surface area contributed by atoms with Crippen LogP contribution in [0.25, 0.3) is 0 Å². The van der Waals surface area contributed by atoms with Crippen LogP contribution in [-0.2, 0) is 6.54 Å². The van der Waals surface area contributed by atoms with Gasteiger partial charge in [0, 0.05) is 35.5 Å². The minimum Gasteiger partial charge on any atom is -0.378 e. The molecular formula is C12H8BrF3N2. The zero-order valence-corrected chi connectivity index (χ0v) is 10.6. The fourth-order valence-corrected chi connectivity index (χ4v) is 1.85.